The van der Waals surface area contributed by atoms with E-state index in [0.29, 0.717) is 21.4 Å². The molecule has 0 spiro atoms. The minimum atomic E-state index is -0.890. The molecule has 0 aromatic rings. The summed E-state index contributed by atoms with van der Waals surface area (Å²) in [7, 11) is 0. The Morgan fingerprint density at radius 1 is 1.80 bits per heavy atom. The molecule has 0 aromatic heterocycles. The fourth-order valence-corrected chi connectivity index (χ4v) is 1.40. The van der Waals surface area contributed by atoms with Crippen LogP contribution >= 0.6 is 0 Å². The summed E-state index contributed by atoms with van der Waals surface area (Å²) in [6.45, 7) is 0. The zero-order valence-electron chi connectivity index (χ0n) is 5.33. The van der Waals surface area contributed by atoms with E-state index in [2.05, 4.69) is 5.82 Å². The quantitative estimate of drug-likeness (QED) is 0.616. The van der Waals surface area contributed by atoms with Crippen molar-refractivity contribution in [2.75, 3.05) is 0 Å². The first kappa shape index (κ1) is 13.5. The predicted molar refractivity (Wildman–Crippen MR) is 43.8 cm³/mol. The Hall–Kier alpha value is 0.949. The van der Waals surface area contributed by atoms with E-state index in [4.69, 9.17) is 10.8 Å². The second-order valence-electron chi connectivity index (χ2n) is 1.73. The van der Waals surface area contributed by atoms with E-state index in [-0.39, 0.29) is 29.6 Å². The molecule has 0 aliphatic rings. The van der Waals surface area contributed by atoms with E-state index in [1.807, 2.05) is 0 Å². The van der Waals surface area contributed by atoms with Gasteiger partial charge in [-0.2, -0.15) is 0 Å². The van der Waals surface area contributed by atoms with Gasteiger partial charge in [-0.15, -0.1) is 0 Å². The van der Waals surface area contributed by atoms with E-state index in [1.165, 1.54) is 0 Å². The van der Waals surface area contributed by atoms with Crippen molar-refractivity contribution in [2.45, 2.75) is 23.6 Å². The van der Waals surface area contributed by atoms with Crippen molar-refractivity contribution < 1.29 is 9.90 Å². The van der Waals surface area contributed by atoms with Crippen LogP contribution in [0.3, 0.4) is 0 Å². The van der Waals surface area contributed by atoms with Crippen LogP contribution < -0.4 is 5.73 Å². The molecule has 5 heteroatoms. The number of rotatable bonds is 4. The molecule has 10 heavy (non-hydrogen) atoms. The third-order valence-corrected chi connectivity index (χ3v) is 2.30. The standard InChI is InChI=1S/C5H11NO2Se.Na.H/c1-9-3-2-4(6)5(7)8;;/h4H,2-3,6H2,1H3,(H,7,8);;. The number of hydrogen-bond acceptors (Lipinski definition) is 2. The fraction of sp³-hybridized carbons (Fsp3) is 0.800. The number of aliphatic carboxylic acids is 1. The van der Waals surface area contributed by atoms with E-state index in [1.54, 1.807) is 0 Å². The number of carboxylic acid groups (broad SMARTS) is 1. The molecule has 0 rings (SSSR count). The zero-order chi connectivity index (χ0) is 7.28. The van der Waals surface area contributed by atoms with Crippen LogP contribution in [0.25, 0.3) is 0 Å². The van der Waals surface area contributed by atoms with Gasteiger partial charge in [0.25, 0.3) is 0 Å². The maximum absolute atomic E-state index is 10.1. The molecule has 0 fully saturated rings. The number of carboxylic acids is 1. The normalized spacial score (nSPS) is 11.8. The van der Waals surface area contributed by atoms with E-state index in [9.17, 15) is 4.79 Å². The van der Waals surface area contributed by atoms with Gasteiger partial charge in [0.15, 0.2) is 0 Å². The molecule has 0 radical (unpaired) electrons. The first-order valence-corrected chi connectivity index (χ1v) is 5.58. The second kappa shape index (κ2) is 8.05. The molecular formula is C5H12NNaO2Se. The van der Waals surface area contributed by atoms with Gasteiger partial charge < -0.3 is 0 Å². The van der Waals surface area contributed by atoms with Crippen molar-refractivity contribution >= 4 is 50.5 Å². The van der Waals surface area contributed by atoms with Gasteiger partial charge in [0.1, 0.15) is 0 Å². The van der Waals surface area contributed by atoms with Crippen molar-refractivity contribution in [1.82, 2.24) is 0 Å². The van der Waals surface area contributed by atoms with E-state index < -0.39 is 12.0 Å². The summed E-state index contributed by atoms with van der Waals surface area (Å²) in [5.74, 6) is 1.18. The van der Waals surface area contributed by atoms with Crippen molar-refractivity contribution in [3.05, 3.63) is 0 Å². The Kier molecular flexibility index (Phi) is 10.9. The first-order chi connectivity index (χ1) is 4.18. The molecule has 56 valence electrons. The predicted octanol–water partition coefficient (Wildman–Crippen LogP) is -0.690. The van der Waals surface area contributed by atoms with Crippen LogP contribution in [0.1, 0.15) is 6.42 Å². The second-order valence-corrected chi connectivity index (χ2v) is 3.79. The summed E-state index contributed by atoms with van der Waals surface area (Å²) in [5, 5.41) is 9.25. The monoisotopic (exact) mass is 221 g/mol. The number of nitrogens with two attached hydrogens (primary N) is 1. The molecule has 1 atom stereocenters. The summed E-state index contributed by atoms with van der Waals surface area (Å²) in [4.78, 5) is 10.1. The Balaban J connectivity index is 0. The van der Waals surface area contributed by atoms with Crippen LogP contribution in [0.5, 0.6) is 0 Å². The molecule has 0 amide bonds. The Morgan fingerprint density at radius 2 is 2.30 bits per heavy atom. The summed E-state index contributed by atoms with van der Waals surface area (Å²) < 4.78 is 0. The molecule has 0 aromatic carbocycles. The van der Waals surface area contributed by atoms with Crippen LogP contribution in [0, 0.1) is 0 Å². The summed E-state index contributed by atoms with van der Waals surface area (Å²) in [5.41, 5.74) is 5.21. The van der Waals surface area contributed by atoms with Crippen LogP contribution in [0.4, 0.5) is 0 Å². The molecule has 3 N–H and O–H groups in total. The molecule has 0 saturated carbocycles. The van der Waals surface area contributed by atoms with Crippen LogP contribution in [0.15, 0.2) is 0 Å². The van der Waals surface area contributed by atoms with Crippen molar-refractivity contribution in [2.24, 2.45) is 5.73 Å². The van der Waals surface area contributed by atoms with Gasteiger partial charge in [0.05, 0.1) is 0 Å². The first-order valence-electron chi connectivity index (χ1n) is 2.65. The molecule has 0 aliphatic carbocycles. The van der Waals surface area contributed by atoms with Gasteiger partial charge in [-0.3, -0.25) is 0 Å². The average Bonchev–Trinajstić information content (AvgIpc) is 1.82. The van der Waals surface area contributed by atoms with Gasteiger partial charge in [0.2, 0.25) is 0 Å². The van der Waals surface area contributed by atoms with Gasteiger partial charge in [-0.25, -0.2) is 0 Å². The zero-order valence-corrected chi connectivity index (χ0v) is 7.05. The van der Waals surface area contributed by atoms with Crippen LogP contribution in [0.2, 0.25) is 11.1 Å². The molecule has 0 bridgehead atoms. The van der Waals surface area contributed by atoms with Gasteiger partial charge >= 0.3 is 89.7 Å². The van der Waals surface area contributed by atoms with Crippen molar-refractivity contribution in [3.8, 4) is 0 Å². The van der Waals surface area contributed by atoms with E-state index >= 15 is 0 Å². The maximum atomic E-state index is 10.1. The number of hydrogen-bond donors (Lipinski definition) is 2. The van der Waals surface area contributed by atoms with Gasteiger partial charge in [0, 0.05) is 0 Å². The Labute approximate surface area is 89.2 Å². The molecule has 0 saturated heterocycles. The SMILES string of the molecule is C[Se]CCC(N)C(=O)O.[NaH]. The Morgan fingerprint density at radius 3 is 2.60 bits per heavy atom. The van der Waals surface area contributed by atoms with Gasteiger partial charge in [-0.1, -0.05) is 0 Å². The molecule has 0 aliphatic heterocycles. The molecule has 3 nitrogen and oxygen atoms in total. The van der Waals surface area contributed by atoms with Crippen molar-refractivity contribution in [3.63, 3.8) is 0 Å². The topological polar surface area (TPSA) is 63.3 Å². The number of carbonyl (C=O) groups is 1. The van der Waals surface area contributed by atoms with Crippen LogP contribution in [-0.4, -0.2) is 61.6 Å². The fourth-order valence-electron chi connectivity index (χ4n) is 0.368. The molecular weight excluding hydrogens is 208 g/mol. The molecule has 1 unspecified atom stereocenters. The summed E-state index contributed by atoms with van der Waals surface area (Å²) in [6, 6.07) is -0.646. The van der Waals surface area contributed by atoms with E-state index in [0.717, 1.165) is 5.32 Å². The Bertz CT molecular complexity index is 102. The van der Waals surface area contributed by atoms with Crippen LogP contribution in [-0.2, 0) is 4.79 Å². The third-order valence-electron chi connectivity index (χ3n) is 0.950. The summed E-state index contributed by atoms with van der Waals surface area (Å²) in [6.07, 6.45) is 0.617. The van der Waals surface area contributed by atoms with Gasteiger partial charge in [-0.05, 0) is 0 Å². The average molecular weight is 220 g/mol. The summed E-state index contributed by atoms with van der Waals surface area (Å²) >= 11 is 0.549. The molecule has 0 heterocycles. The third kappa shape index (κ3) is 7.06. The minimum absolute atomic E-state index is 0. The van der Waals surface area contributed by atoms with Crippen molar-refractivity contribution in [1.29, 1.82) is 0 Å².